The van der Waals surface area contributed by atoms with Gasteiger partial charge in [0, 0.05) is 19.6 Å². The highest BCUT2D eigenvalue weighted by Gasteiger charge is 2.27. The molecule has 1 aliphatic heterocycles. The van der Waals surface area contributed by atoms with Crippen LogP contribution in [0.15, 0.2) is 47.4 Å². The number of fused-ring (bicyclic) bond motifs is 1. The lowest BCUT2D eigenvalue weighted by Crippen LogP contribution is -2.43. The molecule has 2 unspecified atom stereocenters. The van der Waals surface area contributed by atoms with E-state index in [4.69, 9.17) is 21.7 Å². The van der Waals surface area contributed by atoms with Gasteiger partial charge in [-0.25, -0.2) is 4.98 Å². The van der Waals surface area contributed by atoms with E-state index in [0.717, 1.165) is 46.7 Å². The molecular weight excluding hydrogens is 440 g/mol. The summed E-state index contributed by atoms with van der Waals surface area (Å²) in [5, 5.41) is 10.1. The minimum atomic E-state index is -1.81. The van der Waals surface area contributed by atoms with Gasteiger partial charge in [-0.2, -0.15) is 0 Å². The molecule has 0 spiro atoms. The molecule has 3 N–H and O–H groups in total. The van der Waals surface area contributed by atoms with Gasteiger partial charge >= 0.3 is 0 Å². The number of piperidine rings is 1. The lowest BCUT2D eigenvalue weighted by molar-refractivity contribution is -0.125. The summed E-state index contributed by atoms with van der Waals surface area (Å²) in [7, 11) is -1.81. The second-order valence-corrected chi connectivity index (χ2v) is 9.99. The number of carbonyl (C=O) groups excluding carboxylic acids is 1. The van der Waals surface area contributed by atoms with Crippen molar-refractivity contribution in [2.24, 2.45) is 11.1 Å². The van der Waals surface area contributed by atoms with Gasteiger partial charge < -0.3 is 10.2 Å². The van der Waals surface area contributed by atoms with Crippen molar-refractivity contribution >= 4 is 55.2 Å². The molecule has 0 aliphatic carbocycles. The van der Waals surface area contributed by atoms with Crippen LogP contribution in [0.5, 0.6) is 0 Å². The Morgan fingerprint density at radius 1 is 1.30 bits per heavy atom. The van der Waals surface area contributed by atoms with Crippen molar-refractivity contribution in [2.75, 3.05) is 24.5 Å². The molecule has 0 bridgehead atoms. The van der Waals surface area contributed by atoms with Gasteiger partial charge in [-0.05, 0) is 49.1 Å². The summed E-state index contributed by atoms with van der Waals surface area (Å²) in [6.45, 7) is 2.14. The Hall–Kier alpha value is -2.00. The molecule has 9 heteroatoms. The van der Waals surface area contributed by atoms with E-state index in [1.807, 2.05) is 30.3 Å². The van der Waals surface area contributed by atoms with Crippen LogP contribution in [-0.4, -0.2) is 30.5 Å². The number of para-hydroxylation sites is 1. The van der Waals surface area contributed by atoms with Crippen LogP contribution >= 0.6 is 22.9 Å². The Kier molecular flexibility index (Phi) is 6.67. The van der Waals surface area contributed by atoms with Crippen LogP contribution in [0.25, 0.3) is 10.2 Å². The number of hydrogen-bond acceptors (Lipinski definition) is 5. The van der Waals surface area contributed by atoms with Crippen molar-refractivity contribution in [1.82, 2.24) is 10.3 Å². The molecule has 2 aromatic carbocycles. The highest BCUT2D eigenvalue weighted by molar-refractivity contribution is 7.82. The van der Waals surface area contributed by atoms with Gasteiger partial charge in [0.2, 0.25) is 5.91 Å². The second kappa shape index (κ2) is 9.43. The van der Waals surface area contributed by atoms with Crippen LogP contribution < -0.4 is 15.4 Å². The van der Waals surface area contributed by atoms with E-state index in [2.05, 4.69) is 10.2 Å². The lowest BCUT2D eigenvalue weighted by Gasteiger charge is -2.31. The van der Waals surface area contributed by atoms with Crippen molar-refractivity contribution in [2.45, 2.75) is 24.2 Å². The van der Waals surface area contributed by atoms with Crippen molar-refractivity contribution < 1.29 is 9.00 Å². The number of thiol groups is 1. The fourth-order valence-corrected chi connectivity index (χ4v) is 5.43. The minimum absolute atomic E-state index is 0.0510. The predicted molar refractivity (Wildman–Crippen MR) is 125 cm³/mol. The van der Waals surface area contributed by atoms with Crippen molar-refractivity contribution in [1.29, 1.82) is 0 Å². The molecule has 0 saturated carbocycles. The summed E-state index contributed by atoms with van der Waals surface area (Å²) < 4.78 is 12.4. The topological polar surface area (TPSA) is 88.3 Å². The van der Waals surface area contributed by atoms with Crippen molar-refractivity contribution in [3.63, 3.8) is 0 Å². The zero-order valence-electron chi connectivity index (χ0n) is 16.4. The van der Waals surface area contributed by atoms with Gasteiger partial charge in [-0.3, -0.25) is 4.79 Å². The van der Waals surface area contributed by atoms with Crippen LogP contribution in [0.3, 0.4) is 0 Å². The molecule has 158 valence electrons. The van der Waals surface area contributed by atoms with Crippen LogP contribution in [0, 0.1) is 5.92 Å². The van der Waals surface area contributed by atoms with Gasteiger partial charge in [0.25, 0.3) is 0 Å². The molecule has 30 heavy (non-hydrogen) atoms. The molecule has 4 rings (SSSR count). The maximum atomic E-state index is 12.7. The quantitative estimate of drug-likeness (QED) is 0.433. The number of halogens is 1. The molecule has 1 aromatic heterocycles. The SMILES string of the molecule is N[SH+](=O)c1ccc(CCNC(=O)C2CCCN(c3nc4c(Cl)cccc4s3)C2)cc1. The van der Waals surface area contributed by atoms with E-state index in [0.29, 0.717) is 23.0 Å². The Balaban J connectivity index is 1.32. The summed E-state index contributed by atoms with van der Waals surface area (Å²) >= 11 is 7.88. The van der Waals surface area contributed by atoms with Gasteiger partial charge in [0.05, 0.1) is 15.6 Å². The third-order valence-corrected chi connectivity index (χ3v) is 7.52. The van der Waals surface area contributed by atoms with Crippen molar-refractivity contribution in [3.8, 4) is 0 Å². The molecule has 1 fully saturated rings. The number of anilines is 1. The first-order valence-corrected chi connectivity index (χ1v) is 12.4. The number of amides is 1. The van der Waals surface area contributed by atoms with Gasteiger partial charge in [0.15, 0.2) is 21.0 Å². The molecule has 0 radical (unpaired) electrons. The monoisotopic (exact) mass is 463 g/mol. The zero-order valence-corrected chi connectivity index (χ0v) is 18.8. The second-order valence-electron chi connectivity index (χ2n) is 7.40. The van der Waals surface area contributed by atoms with E-state index in [1.54, 1.807) is 23.5 Å². The van der Waals surface area contributed by atoms with Gasteiger partial charge in [-0.15, -0.1) is 5.14 Å². The smallest absolute Gasteiger partial charge is 0.224 e. The van der Waals surface area contributed by atoms with Gasteiger partial charge in [-0.1, -0.05) is 45.3 Å². The minimum Gasteiger partial charge on any atom is -0.355 e. The maximum absolute atomic E-state index is 12.7. The number of rotatable bonds is 6. The first-order valence-electron chi connectivity index (χ1n) is 9.90. The average molecular weight is 464 g/mol. The molecule has 1 amide bonds. The molecular formula is C21H24ClN4O2S2+. The fourth-order valence-electron chi connectivity index (χ4n) is 3.69. The maximum Gasteiger partial charge on any atom is 0.224 e. The molecule has 2 heterocycles. The highest BCUT2D eigenvalue weighted by Crippen LogP contribution is 2.34. The van der Waals surface area contributed by atoms with E-state index in [9.17, 15) is 9.00 Å². The predicted octanol–water partition coefficient (Wildman–Crippen LogP) is 3.45. The third kappa shape index (κ3) is 4.83. The number of nitrogens with zero attached hydrogens (tertiary/aromatic N) is 2. The van der Waals surface area contributed by atoms with E-state index in [1.165, 1.54) is 0 Å². The largest absolute Gasteiger partial charge is 0.355 e. The van der Waals surface area contributed by atoms with E-state index in [-0.39, 0.29) is 11.8 Å². The number of carbonyl (C=O) groups is 1. The normalized spacial score (nSPS) is 17.8. The first-order chi connectivity index (χ1) is 14.5. The zero-order chi connectivity index (χ0) is 21.1. The fraction of sp³-hybridized carbons (Fsp3) is 0.333. The summed E-state index contributed by atoms with van der Waals surface area (Å²) in [6, 6.07) is 13.2. The standard InChI is InChI=1S/C21H23ClN4O2S2/c22-17-4-1-5-18-19(17)25-21(29-18)26-12-2-3-15(13-26)20(27)24-11-10-14-6-8-16(9-7-14)30(23)28/h1,4-9,15H,2-3,10-13H2,(H2,23,28)(H,24,27)/p+1. The van der Waals surface area contributed by atoms with Crippen LogP contribution in [0.4, 0.5) is 5.13 Å². The number of nitrogens with two attached hydrogens (primary N) is 1. The van der Waals surface area contributed by atoms with E-state index < -0.39 is 11.0 Å². The Labute approximate surface area is 187 Å². The summed E-state index contributed by atoms with van der Waals surface area (Å²) in [5.74, 6) is 0.0328. The number of aromatic nitrogens is 1. The molecule has 1 aliphatic rings. The van der Waals surface area contributed by atoms with Crippen LogP contribution in [0.2, 0.25) is 5.02 Å². The van der Waals surface area contributed by atoms with E-state index >= 15 is 0 Å². The van der Waals surface area contributed by atoms with Gasteiger partial charge in [0.1, 0.15) is 5.52 Å². The molecule has 6 nitrogen and oxygen atoms in total. The molecule has 3 aromatic rings. The number of hydrogen-bond donors (Lipinski definition) is 2. The molecule has 1 saturated heterocycles. The summed E-state index contributed by atoms with van der Waals surface area (Å²) in [4.78, 5) is 20.2. The van der Waals surface area contributed by atoms with Crippen LogP contribution in [0.1, 0.15) is 18.4 Å². The summed E-state index contributed by atoms with van der Waals surface area (Å²) in [5.41, 5.74) is 1.91. The Morgan fingerprint density at radius 2 is 2.10 bits per heavy atom. The van der Waals surface area contributed by atoms with Crippen LogP contribution in [-0.2, 0) is 26.4 Å². The lowest BCUT2D eigenvalue weighted by atomic mass is 9.97. The third-order valence-electron chi connectivity index (χ3n) is 5.32. The average Bonchev–Trinajstić information content (AvgIpc) is 3.20. The first kappa shape index (κ1) is 21.2. The molecule has 2 atom stereocenters. The van der Waals surface area contributed by atoms with Crippen molar-refractivity contribution in [3.05, 3.63) is 53.1 Å². The highest BCUT2D eigenvalue weighted by atomic mass is 35.5. The summed E-state index contributed by atoms with van der Waals surface area (Å²) in [6.07, 6.45) is 2.56. The number of nitrogens with one attached hydrogen (secondary N) is 1. The Bertz CT molecular complexity index is 1070. The number of thiazole rings is 1. The number of benzene rings is 2. The Morgan fingerprint density at radius 3 is 2.83 bits per heavy atom.